The molecular weight excluding hydrogens is 242 g/mol. The topological polar surface area (TPSA) is 58.6 Å². The smallest absolute Gasteiger partial charge is 0.255 e. The second-order valence-electron chi connectivity index (χ2n) is 4.13. The van der Waals surface area contributed by atoms with Gasteiger partial charge in [-0.3, -0.25) is 4.79 Å². The van der Waals surface area contributed by atoms with Crippen LogP contribution in [0.4, 0.5) is 5.69 Å². The van der Waals surface area contributed by atoms with Gasteiger partial charge in [-0.15, -0.1) is 0 Å². The number of ether oxygens (including phenoxy) is 1. The lowest BCUT2D eigenvalue weighted by atomic mass is 10.2. The standard InChI is InChI=1S/C15H15NO3/c1-19-10-11-3-2-4-13(9-11)16-15(18)12-5-7-14(17)8-6-12/h2-9,17H,10H2,1H3,(H,16,18). The quantitative estimate of drug-likeness (QED) is 0.885. The van der Waals surface area contributed by atoms with Crippen molar-refractivity contribution < 1.29 is 14.6 Å². The Labute approximate surface area is 111 Å². The van der Waals surface area contributed by atoms with E-state index in [0.717, 1.165) is 5.56 Å². The summed E-state index contributed by atoms with van der Waals surface area (Å²) in [5.74, 6) is -0.0757. The fourth-order valence-electron chi connectivity index (χ4n) is 1.72. The summed E-state index contributed by atoms with van der Waals surface area (Å²) >= 11 is 0. The molecule has 0 spiro atoms. The highest BCUT2D eigenvalue weighted by Gasteiger charge is 2.06. The van der Waals surface area contributed by atoms with Crippen LogP contribution in [0.3, 0.4) is 0 Å². The molecule has 0 saturated carbocycles. The Hall–Kier alpha value is -2.33. The fraction of sp³-hybridized carbons (Fsp3) is 0.133. The molecule has 19 heavy (non-hydrogen) atoms. The van der Waals surface area contributed by atoms with Crippen LogP contribution in [0, 0.1) is 0 Å². The van der Waals surface area contributed by atoms with E-state index < -0.39 is 0 Å². The summed E-state index contributed by atoms with van der Waals surface area (Å²) in [7, 11) is 1.63. The number of hydrogen-bond donors (Lipinski definition) is 2. The SMILES string of the molecule is COCc1cccc(NC(=O)c2ccc(O)cc2)c1. The molecular formula is C15H15NO3. The normalized spacial score (nSPS) is 10.2. The summed E-state index contributed by atoms with van der Waals surface area (Å²) in [6.07, 6.45) is 0. The molecule has 0 aliphatic rings. The maximum Gasteiger partial charge on any atom is 0.255 e. The first-order valence-electron chi connectivity index (χ1n) is 5.87. The van der Waals surface area contributed by atoms with Crippen molar-refractivity contribution in [3.05, 3.63) is 59.7 Å². The third-order valence-electron chi connectivity index (χ3n) is 2.63. The van der Waals surface area contributed by atoms with Gasteiger partial charge in [-0.1, -0.05) is 12.1 Å². The van der Waals surface area contributed by atoms with Crippen LogP contribution >= 0.6 is 0 Å². The average molecular weight is 257 g/mol. The Kier molecular flexibility index (Phi) is 4.15. The number of rotatable bonds is 4. The zero-order valence-electron chi connectivity index (χ0n) is 10.6. The number of amides is 1. The lowest BCUT2D eigenvalue weighted by molar-refractivity contribution is 0.102. The zero-order valence-corrected chi connectivity index (χ0v) is 10.6. The number of anilines is 1. The van der Waals surface area contributed by atoms with Crippen molar-refractivity contribution in [2.45, 2.75) is 6.61 Å². The molecule has 2 aromatic carbocycles. The minimum atomic E-state index is -0.213. The lowest BCUT2D eigenvalue weighted by Gasteiger charge is -2.07. The van der Waals surface area contributed by atoms with Crippen LogP contribution in [-0.4, -0.2) is 18.1 Å². The highest BCUT2D eigenvalue weighted by molar-refractivity contribution is 6.04. The molecule has 2 aromatic rings. The van der Waals surface area contributed by atoms with Crippen molar-refractivity contribution in [1.29, 1.82) is 0 Å². The second kappa shape index (κ2) is 6.02. The molecule has 0 aromatic heterocycles. The minimum Gasteiger partial charge on any atom is -0.508 e. The second-order valence-corrected chi connectivity index (χ2v) is 4.13. The molecule has 0 bridgehead atoms. The fourth-order valence-corrected chi connectivity index (χ4v) is 1.72. The first-order chi connectivity index (χ1) is 9.19. The monoisotopic (exact) mass is 257 g/mol. The van der Waals surface area contributed by atoms with Gasteiger partial charge >= 0.3 is 0 Å². The van der Waals surface area contributed by atoms with Gasteiger partial charge in [0.25, 0.3) is 5.91 Å². The third-order valence-corrected chi connectivity index (χ3v) is 2.63. The molecule has 4 heteroatoms. The van der Waals surface area contributed by atoms with Crippen LogP contribution in [0.2, 0.25) is 0 Å². The van der Waals surface area contributed by atoms with Gasteiger partial charge in [0, 0.05) is 18.4 Å². The number of carbonyl (C=O) groups is 1. The number of phenols is 1. The van der Waals surface area contributed by atoms with Crippen LogP contribution in [0.15, 0.2) is 48.5 Å². The van der Waals surface area contributed by atoms with Gasteiger partial charge in [0.1, 0.15) is 5.75 Å². The number of phenolic OH excluding ortho intramolecular Hbond substituents is 1. The van der Waals surface area contributed by atoms with E-state index in [9.17, 15) is 9.90 Å². The predicted octanol–water partition coefficient (Wildman–Crippen LogP) is 2.79. The first-order valence-corrected chi connectivity index (χ1v) is 5.87. The van der Waals surface area contributed by atoms with Gasteiger partial charge in [-0.2, -0.15) is 0 Å². The van der Waals surface area contributed by atoms with Gasteiger partial charge in [-0.05, 0) is 42.0 Å². The van der Waals surface area contributed by atoms with Crippen molar-refractivity contribution in [1.82, 2.24) is 0 Å². The number of benzene rings is 2. The first kappa shape index (κ1) is 13.1. The zero-order chi connectivity index (χ0) is 13.7. The third kappa shape index (κ3) is 3.56. The van der Waals surface area contributed by atoms with Gasteiger partial charge in [0.2, 0.25) is 0 Å². The van der Waals surface area contributed by atoms with Crippen molar-refractivity contribution in [3.63, 3.8) is 0 Å². The van der Waals surface area contributed by atoms with E-state index in [4.69, 9.17) is 4.74 Å². The maximum absolute atomic E-state index is 12.0. The van der Waals surface area contributed by atoms with Crippen LogP contribution in [0.1, 0.15) is 15.9 Å². The highest BCUT2D eigenvalue weighted by Crippen LogP contribution is 2.14. The Balaban J connectivity index is 2.10. The molecule has 1 amide bonds. The Morgan fingerprint density at radius 2 is 1.95 bits per heavy atom. The van der Waals surface area contributed by atoms with Crippen molar-refractivity contribution in [2.75, 3.05) is 12.4 Å². The molecule has 98 valence electrons. The highest BCUT2D eigenvalue weighted by atomic mass is 16.5. The van der Waals surface area contributed by atoms with Crippen LogP contribution in [0.25, 0.3) is 0 Å². The molecule has 0 radical (unpaired) electrons. The maximum atomic E-state index is 12.0. The van der Waals surface area contributed by atoms with E-state index in [-0.39, 0.29) is 11.7 Å². The average Bonchev–Trinajstić information content (AvgIpc) is 2.40. The van der Waals surface area contributed by atoms with Crippen molar-refractivity contribution >= 4 is 11.6 Å². The van der Waals surface area contributed by atoms with E-state index in [0.29, 0.717) is 17.9 Å². The molecule has 0 unspecified atom stereocenters. The predicted molar refractivity (Wildman–Crippen MR) is 73.2 cm³/mol. The number of nitrogens with one attached hydrogen (secondary N) is 1. The molecule has 4 nitrogen and oxygen atoms in total. The van der Waals surface area contributed by atoms with Gasteiger partial charge in [-0.25, -0.2) is 0 Å². The largest absolute Gasteiger partial charge is 0.508 e. The van der Waals surface area contributed by atoms with Gasteiger partial charge in [0.15, 0.2) is 0 Å². The number of hydrogen-bond acceptors (Lipinski definition) is 3. The van der Waals surface area contributed by atoms with Crippen LogP contribution in [0.5, 0.6) is 5.75 Å². The van der Waals surface area contributed by atoms with Crippen LogP contribution in [-0.2, 0) is 11.3 Å². The lowest BCUT2D eigenvalue weighted by Crippen LogP contribution is -2.11. The van der Waals surface area contributed by atoms with E-state index in [1.807, 2.05) is 24.3 Å². The summed E-state index contributed by atoms with van der Waals surface area (Å²) in [6, 6.07) is 13.6. The Morgan fingerprint density at radius 3 is 2.63 bits per heavy atom. The van der Waals surface area contributed by atoms with E-state index in [2.05, 4.69) is 5.32 Å². The van der Waals surface area contributed by atoms with E-state index in [1.165, 1.54) is 12.1 Å². The molecule has 0 atom stereocenters. The molecule has 2 N–H and O–H groups in total. The summed E-state index contributed by atoms with van der Waals surface area (Å²) in [5.41, 5.74) is 2.20. The molecule has 0 saturated heterocycles. The number of aromatic hydroxyl groups is 1. The molecule has 0 aliphatic carbocycles. The molecule has 0 aliphatic heterocycles. The minimum absolute atomic E-state index is 0.138. The molecule has 0 heterocycles. The Bertz CT molecular complexity index is 564. The molecule has 0 fully saturated rings. The van der Waals surface area contributed by atoms with E-state index in [1.54, 1.807) is 19.2 Å². The van der Waals surface area contributed by atoms with Crippen molar-refractivity contribution in [3.8, 4) is 5.75 Å². The number of methoxy groups -OCH3 is 1. The van der Waals surface area contributed by atoms with Crippen LogP contribution < -0.4 is 5.32 Å². The van der Waals surface area contributed by atoms with Gasteiger partial charge < -0.3 is 15.2 Å². The summed E-state index contributed by atoms with van der Waals surface area (Å²) in [6.45, 7) is 0.503. The van der Waals surface area contributed by atoms with E-state index >= 15 is 0 Å². The Morgan fingerprint density at radius 1 is 1.21 bits per heavy atom. The summed E-state index contributed by atoms with van der Waals surface area (Å²) in [5, 5.41) is 12.0. The summed E-state index contributed by atoms with van der Waals surface area (Å²) < 4.78 is 5.05. The van der Waals surface area contributed by atoms with Crippen molar-refractivity contribution in [2.24, 2.45) is 0 Å². The summed E-state index contributed by atoms with van der Waals surface area (Å²) in [4.78, 5) is 12.0. The molecule has 2 rings (SSSR count). The number of carbonyl (C=O) groups excluding carboxylic acids is 1. The van der Waals surface area contributed by atoms with Gasteiger partial charge in [0.05, 0.1) is 6.61 Å².